The van der Waals surface area contributed by atoms with Crippen LogP contribution < -0.4 is 0 Å². The first kappa shape index (κ1) is 13.2. The van der Waals surface area contributed by atoms with E-state index in [-0.39, 0.29) is 0 Å². The van der Waals surface area contributed by atoms with Crippen LogP contribution in [0.3, 0.4) is 0 Å². The smallest absolute Gasteiger partial charge is 0.155 e. The first-order valence-corrected chi connectivity index (χ1v) is 3.82. The highest BCUT2D eigenvalue weighted by Crippen LogP contribution is 2.05. The van der Waals surface area contributed by atoms with Crippen molar-refractivity contribution in [2.45, 2.75) is 24.4 Å². The van der Waals surface area contributed by atoms with Crippen molar-refractivity contribution in [2.75, 3.05) is 13.2 Å². The van der Waals surface area contributed by atoms with E-state index in [9.17, 15) is 4.91 Å². The highest BCUT2D eigenvalue weighted by atomic mass is 16.7. The lowest BCUT2D eigenvalue weighted by Crippen LogP contribution is -2.47. The molecule has 0 amide bonds. The average molecular weight is 211 g/mol. The van der Waals surface area contributed by atoms with Crippen LogP contribution in [0.15, 0.2) is 5.34 Å². The topological polar surface area (TPSA) is 140 Å². The molecule has 0 aliphatic heterocycles. The maximum Gasteiger partial charge on any atom is 0.155 e. The SMILES string of the molecule is O=NOC[C@@H](O)[C@@H](O)[C@H](O)[C@H](O)CO. The highest BCUT2D eigenvalue weighted by Gasteiger charge is 2.30. The van der Waals surface area contributed by atoms with Crippen molar-refractivity contribution in [3.05, 3.63) is 4.91 Å². The van der Waals surface area contributed by atoms with Crippen LogP contribution in [0.1, 0.15) is 0 Å². The summed E-state index contributed by atoms with van der Waals surface area (Å²) in [4.78, 5) is 13.4. The molecule has 0 aromatic heterocycles. The first-order valence-electron chi connectivity index (χ1n) is 3.82. The maximum atomic E-state index is 9.47. The van der Waals surface area contributed by atoms with Gasteiger partial charge in [0.25, 0.3) is 0 Å². The maximum absolute atomic E-state index is 9.47. The Balaban J connectivity index is 4.01. The van der Waals surface area contributed by atoms with Gasteiger partial charge >= 0.3 is 0 Å². The van der Waals surface area contributed by atoms with Crippen LogP contribution in [0.4, 0.5) is 0 Å². The van der Waals surface area contributed by atoms with Gasteiger partial charge < -0.3 is 30.4 Å². The van der Waals surface area contributed by atoms with Gasteiger partial charge in [0.2, 0.25) is 0 Å². The Morgan fingerprint density at radius 3 is 2.00 bits per heavy atom. The Bertz CT molecular complexity index is 166. The molecule has 0 radical (unpaired) electrons. The summed E-state index contributed by atoms with van der Waals surface area (Å²) < 4.78 is 0. The van der Waals surface area contributed by atoms with E-state index in [0.717, 1.165) is 0 Å². The largest absolute Gasteiger partial charge is 0.394 e. The van der Waals surface area contributed by atoms with Crippen molar-refractivity contribution in [3.8, 4) is 0 Å². The molecule has 0 rings (SSSR count). The summed E-state index contributed by atoms with van der Waals surface area (Å²) in [6.07, 6.45) is -6.63. The molecule has 0 aromatic carbocycles. The Morgan fingerprint density at radius 1 is 1.07 bits per heavy atom. The lowest BCUT2D eigenvalue weighted by molar-refractivity contribution is -0.129. The standard InChI is InChI=1S/C6H13NO7/c8-1-3(9)5(11)6(12)4(10)2-14-7-13/h3-6,8-12H,1-2H2/t3-,4-,5-,6-/m1/s1. The molecule has 0 aliphatic carbocycles. The highest BCUT2D eigenvalue weighted by molar-refractivity contribution is 4.80. The molecule has 0 fully saturated rings. The number of aliphatic hydroxyl groups is 5. The fraction of sp³-hybridized carbons (Fsp3) is 1.00. The van der Waals surface area contributed by atoms with E-state index in [1.165, 1.54) is 0 Å². The van der Waals surface area contributed by atoms with E-state index in [0.29, 0.717) is 0 Å². The number of aliphatic hydroxyl groups excluding tert-OH is 5. The van der Waals surface area contributed by atoms with E-state index in [1.807, 2.05) is 5.34 Å². The Morgan fingerprint density at radius 2 is 1.57 bits per heavy atom. The fourth-order valence-electron chi connectivity index (χ4n) is 0.769. The summed E-state index contributed by atoms with van der Waals surface area (Å²) in [5.41, 5.74) is 0. The zero-order valence-electron chi connectivity index (χ0n) is 7.22. The van der Waals surface area contributed by atoms with Gasteiger partial charge in [0.1, 0.15) is 31.0 Å². The lowest BCUT2D eigenvalue weighted by Gasteiger charge is -2.24. The van der Waals surface area contributed by atoms with Gasteiger partial charge in [-0.1, -0.05) is 0 Å². The quantitative estimate of drug-likeness (QED) is 0.225. The number of hydrogen-bond acceptors (Lipinski definition) is 8. The van der Waals surface area contributed by atoms with Gasteiger partial charge in [-0.25, -0.2) is 0 Å². The summed E-state index contributed by atoms with van der Waals surface area (Å²) in [6.45, 7) is -1.38. The van der Waals surface area contributed by atoms with Gasteiger partial charge in [0.05, 0.1) is 6.61 Å². The van der Waals surface area contributed by atoms with Gasteiger partial charge in [-0.15, -0.1) is 4.91 Å². The molecule has 0 aliphatic rings. The van der Waals surface area contributed by atoms with Crippen LogP contribution in [0, 0.1) is 4.91 Å². The molecular weight excluding hydrogens is 198 g/mol. The third kappa shape index (κ3) is 3.94. The predicted molar refractivity (Wildman–Crippen MR) is 42.9 cm³/mol. The van der Waals surface area contributed by atoms with Crippen LogP contribution in [-0.2, 0) is 4.84 Å². The molecule has 8 nitrogen and oxygen atoms in total. The molecule has 8 heteroatoms. The van der Waals surface area contributed by atoms with Crippen molar-refractivity contribution >= 4 is 0 Å². The summed E-state index contributed by atoms with van der Waals surface area (Å²) in [7, 11) is 0. The van der Waals surface area contributed by atoms with E-state index >= 15 is 0 Å². The molecule has 4 atom stereocenters. The van der Waals surface area contributed by atoms with Gasteiger partial charge in [0.15, 0.2) is 5.34 Å². The van der Waals surface area contributed by atoms with Crippen LogP contribution in [0.2, 0.25) is 0 Å². The first-order chi connectivity index (χ1) is 6.54. The molecule has 84 valence electrons. The van der Waals surface area contributed by atoms with E-state index in [2.05, 4.69) is 4.84 Å². The van der Waals surface area contributed by atoms with Gasteiger partial charge in [-0.05, 0) is 0 Å². The molecule has 0 unspecified atom stereocenters. The third-order valence-electron chi connectivity index (χ3n) is 1.62. The zero-order chi connectivity index (χ0) is 11.1. The lowest BCUT2D eigenvalue weighted by atomic mass is 10.0. The monoisotopic (exact) mass is 211 g/mol. The van der Waals surface area contributed by atoms with Crippen LogP contribution in [0.25, 0.3) is 0 Å². The molecular formula is C6H13NO7. The number of rotatable bonds is 7. The van der Waals surface area contributed by atoms with Gasteiger partial charge in [-0.2, -0.15) is 0 Å². The third-order valence-corrected chi connectivity index (χ3v) is 1.62. The summed E-state index contributed by atoms with van der Waals surface area (Å²) in [5.74, 6) is 0. The molecule has 0 saturated carbocycles. The minimum absolute atomic E-state index is 0.611. The minimum Gasteiger partial charge on any atom is -0.394 e. The Labute approximate surface area is 79.3 Å². The average Bonchev–Trinajstić information content (AvgIpc) is 2.22. The second-order valence-corrected chi connectivity index (χ2v) is 2.67. The molecule has 5 N–H and O–H groups in total. The van der Waals surface area contributed by atoms with E-state index in [1.54, 1.807) is 0 Å². The number of nitrogens with zero attached hydrogens (tertiary/aromatic N) is 1. The molecule has 0 bridgehead atoms. The molecule has 14 heavy (non-hydrogen) atoms. The molecule has 0 aromatic rings. The predicted octanol–water partition coefficient (Wildman–Crippen LogP) is -2.88. The zero-order valence-corrected chi connectivity index (χ0v) is 7.22. The molecule has 0 saturated heterocycles. The van der Waals surface area contributed by atoms with Crippen molar-refractivity contribution in [1.29, 1.82) is 0 Å². The normalized spacial score (nSPS) is 19.5. The van der Waals surface area contributed by atoms with Crippen molar-refractivity contribution < 1.29 is 30.4 Å². The van der Waals surface area contributed by atoms with Gasteiger partial charge in [0, 0.05) is 0 Å². The van der Waals surface area contributed by atoms with Crippen molar-refractivity contribution in [1.82, 2.24) is 0 Å². The van der Waals surface area contributed by atoms with Crippen molar-refractivity contribution in [2.24, 2.45) is 5.34 Å². The summed E-state index contributed by atoms with van der Waals surface area (Å²) >= 11 is 0. The van der Waals surface area contributed by atoms with Crippen molar-refractivity contribution in [3.63, 3.8) is 0 Å². The van der Waals surface area contributed by atoms with Gasteiger partial charge in [-0.3, -0.25) is 0 Å². The summed E-state index contributed by atoms with van der Waals surface area (Å²) in [6, 6.07) is 0. The second kappa shape index (κ2) is 6.62. The van der Waals surface area contributed by atoms with Crippen LogP contribution in [0.5, 0.6) is 0 Å². The molecule has 0 spiro atoms. The van der Waals surface area contributed by atoms with Crippen LogP contribution in [-0.4, -0.2) is 63.2 Å². The second-order valence-electron chi connectivity index (χ2n) is 2.67. The van der Waals surface area contributed by atoms with Crippen LogP contribution >= 0.6 is 0 Å². The fourth-order valence-corrected chi connectivity index (χ4v) is 0.769. The minimum atomic E-state index is -1.74. The number of hydrogen-bond donors (Lipinski definition) is 5. The molecule has 0 heterocycles. The van der Waals surface area contributed by atoms with E-state index < -0.39 is 37.6 Å². The summed E-state index contributed by atoms with van der Waals surface area (Å²) in [5, 5.41) is 46.5. The Kier molecular flexibility index (Phi) is 6.25. The Hall–Kier alpha value is -0.800. The van der Waals surface area contributed by atoms with E-state index in [4.69, 9.17) is 25.5 Å².